The fraction of sp³-hybridized carbons (Fsp3) is 0.632. The average molecular weight is 393 g/mol. The van der Waals surface area contributed by atoms with Crippen molar-refractivity contribution in [3.8, 4) is 0 Å². The molecule has 0 saturated carbocycles. The van der Waals surface area contributed by atoms with Gasteiger partial charge in [-0.25, -0.2) is 4.39 Å². The van der Waals surface area contributed by atoms with E-state index >= 15 is 0 Å². The van der Waals surface area contributed by atoms with Gasteiger partial charge >= 0.3 is 0 Å². The van der Waals surface area contributed by atoms with E-state index < -0.39 is 10.7 Å². The second kappa shape index (κ2) is 8.30. The lowest BCUT2D eigenvalue weighted by Crippen LogP contribution is -2.53. The molecule has 0 aliphatic carbocycles. The molecular formula is C19H28FN5O3. The number of piperazine rings is 2. The average Bonchev–Trinajstić information content (AvgIpc) is 2.67. The summed E-state index contributed by atoms with van der Waals surface area (Å²) in [7, 11) is 0. The van der Waals surface area contributed by atoms with Gasteiger partial charge in [-0.15, -0.1) is 0 Å². The number of hydrogen-bond acceptors (Lipinski definition) is 6. The highest BCUT2D eigenvalue weighted by Crippen LogP contribution is 2.36. The van der Waals surface area contributed by atoms with Crippen molar-refractivity contribution in [3.63, 3.8) is 0 Å². The third kappa shape index (κ3) is 4.04. The van der Waals surface area contributed by atoms with E-state index in [1.165, 1.54) is 6.92 Å². The molecule has 28 heavy (non-hydrogen) atoms. The zero-order valence-electron chi connectivity index (χ0n) is 16.7. The van der Waals surface area contributed by atoms with Gasteiger partial charge in [-0.1, -0.05) is 6.92 Å². The summed E-state index contributed by atoms with van der Waals surface area (Å²) in [4.78, 5) is 30.7. The van der Waals surface area contributed by atoms with Crippen molar-refractivity contribution in [1.82, 2.24) is 9.80 Å². The minimum atomic E-state index is -0.559. The summed E-state index contributed by atoms with van der Waals surface area (Å²) in [6.45, 7) is 11.0. The molecule has 1 unspecified atom stereocenters. The van der Waals surface area contributed by atoms with Gasteiger partial charge in [0, 0.05) is 58.8 Å². The smallest absolute Gasteiger partial charge is 0.295 e. The predicted octanol–water partition coefficient (Wildman–Crippen LogP) is 1.93. The quantitative estimate of drug-likeness (QED) is 0.575. The summed E-state index contributed by atoms with van der Waals surface area (Å²) in [5.74, 6) is -0.564. The van der Waals surface area contributed by atoms with E-state index in [9.17, 15) is 19.3 Å². The molecule has 8 nitrogen and oxygen atoms in total. The molecule has 0 aromatic heterocycles. The monoisotopic (exact) mass is 393 g/mol. The van der Waals surface area contributed by atoms with Gasteiger partial charge in [-0.3, -0.25) is 14.9 Å². The molecule has 1 atom stereocenters. The number of hydrogen-bond donors (Lipinski definition) is 0. The Bertz CT molecular complexity index is 751. The number of benzene rings is 1. The lowest BCUT2D eigenvalue weighted by Gasteiger charge is -2.41. The molecule has 2 fully saturated rings. The van der Waals surface area contributed by atoms with Gasteiger partial charge in [0.2, 0.25) is 5.91 Å². The lowest BCUT2D eigenvalue weighted by atomic mass is 10.1. The number of carbonyl (C=O) groups is 1. The highest BCUT2D eigenvalue weighted by molar-refractivity contribution is 5.75. The van der Waals surface area contributed by atoms with E-state index in [1.54, 1.807) is 11.0 Å². The molecule has 9 heteroatoms. The van der Waals surface area contributed by atoms with Crippen LogP contribution in [0.1, 0.15) is 20.8 Å². The van der Waals surface area contributed by atoms with Crippen molar-refractivity contribution >= 4 is 23.0 Å². The Morgan fingerprint density at radius 2 is 1.79 bits per heavy atom. The first kappa shape index (κ1) is 20.3. The van der Waals surface area contributed by atoms with Crippen LogP contribution in [0.5, 0.6) is 0 Å². The minimum absolute atomic E-state index is 0.00441. The molecule has 1 amide bonds. The summed E-state index contributed by atoms with van der Waals surface area (Å²) < 4.78 is 14.7. The fourth-order valence-corrected chi connectivity index (χ4v) is 4.13. The molecule has 2 aliphatic heterocycles. The van der Waals surface area contributed by atoms with Crippen LogP contribution < -0.4 is 9.80 Å². The molecule has 0 spiro atoms. The van der Waals surface area contributed by atoms with Gasteiger partial charge in [0.15, 0.2) is 5.82 Å². The molecular weight excluding hydrogens is 365 g/mol. The van der Waals surface area contributed by atoms with Crippen LogP contribution in [0.3, 0.4) is 0 Å². The number of rotatable bonds is 4. The van der Waals surface area contributed by atoms with Crippen LogP contribution in [0, 0.1) is 15.9 Å². The van der Waals surface area contributed by atoms with Gasteiger partial charge in [-0.05, 0) is 19.5 Å². The first-order valence-electron chi connectivity index (χ1n) is 9.79. The maximum absolute atomic E-state index is 14.7. The van der Waals surface area contributed by atoms with Crippen molar-refractivity contribution in [1.29, 1.82) is 0 Å². The summed E-state index contributed by atoms with van der Waals surface area (Å²) in [6.07, 6.45) is 0. The van der Waals surface area contributed by atoms with Gasteiger partial charge in [0.05, 0.1) is 16.7 Å². The zero-order chi connectivity index (χ0) is 20.4. The Kier molecular flexibility index (Phi) is 6.02. The topological polar surface area (TPSA) is 73.2 Å². The van der Waals surface area contributed by atoms with Gasteiger partial charge < -0.3 is 19.6 Å². The normalized spacial score (nSPS) is 21.1. The Labute approximate surface area is 164 Å². The molecule has 154 valence electrons. The fourth-order valence-electron chi connectivity index (χ4n) is 4.13. The van der Waals surface area contributed by atoms with E-state index in [0.29, 0.717) is 44.1 Å². The van der Waals surface area contributed by atoms with Gasteiger partial charge in [0.25, 0.3) is 5.69 Å². The van der Waals surface area contributed by atoms with E-state index in [0.717, 1.165) is 25.7 Å². The highest BCUT2D eigenvalue weighted by Gasteiger charge is 2.31. The van der Waals surface area contributed by atoms with E-state index in [1.807, 2.05) is 16.7 Å². The zero-order valence-corrected chi connectivity index (χ0v) is 16.7. The SMILES string of the molecule is CCN1CCN(c2cc(N3CCN(C(C)=O)C(C)C3)c([N+](=O)[O-])cc2F)CC1. The molecule has 0 bridgehead atoms. The maximum Gasteiger partial charge on any atom is 0.295 e. The third-order valence-electron chi connectivity index (χ3n) is 5.77. The number of halogens is 1. The van der Waals surface area contributed by atoms with E-state index in [2.05, 4.69) is 11.8 Å². The van der Waals surface area contributed by atoms with Crippen LogP contribution in [0.4, 0.5) is 21.5 Å². The Balaban J connectivity index is 1.89. The van der Waals surface area contributed by atoms with Crippen molar-refractivity contribution in [3.05, 3.63) is 28.1 Å². The second-order valence-corrected chi connectivity index (χ2v) is 7.48. The molecule has 0 radical (unpaired) electrons. The maximum atomic E-state index is 14.7. The summed E-state index contributed by atoms with van der Waals surface area (Å²) >= 11 is 0. The van der Waals surface area contributed by atoms with Gasteiger partial charge in [-0.2, -0.15) is 0 Å². The third-order valence-corrected chi connectivity index (χ3v) is 5.77. The number of carbonyl (C=O) groups excluding carboxylic acids is 1. The van der Waals surface area contributed by atoms with Crippen molar-refractivity contribution in [2.24, 2.45) is 0 Å². The number of nitro benzene ring substituents is 1. The van der Waals surface area contributed by atoms with Crippen molar-refractivity contribution < 1.29 is 14.1 Å². The van der Waals surface area contributed by atoms with Crippen LogP contribution in [-0.4, -0.2) is 79.0 Å². The predicted molar refractivity (Wildman–Crippen MR) is 106 cm³/mol. The van der Waals surface area contributed by atoms with Crippen LogP contribution >= 0.6 is 0 Å². The number of likely N-dealkylation sites (N-methyl/N-ethyl adjacent to an activating group) is 1. The standard InChI is InChI=1S/C19H28FN5O3/c1-4-21-5-7-22(8-6-21)17-12-18(19(25(27)28)11-16(17)20)23-9-10-24(15(3)26)14(2)13-23/h11-12,14H,4-10,13H2,1-3H3. The Hall–Kier alpha value is -2.42. The van der Waals surface area contributed by atoms with Crippen LogP contribution in [0.15, 0.2) is 12.1 Å². The molecule has 1 aromatic carbocycles. The summed E-state index contributed by atoms with van der Waals surface area (Å²) in [5.41, 5.74) is 0.615. The molecule has 2 heterocycles. The first-order valence-corrected chi connectivity index (χ1v) is 9.79. The number of amides is 1. The molecule has 2 saturated heterocycles. The lowest BCUT2D eigenvalue weighted by molar-refractivity contribution is -0.384. The molecule has 3 rings (SSSR count). The molecule has 0 N–H and O–H groups in total. The van der Waals surface area contributed by atoms with Crippen molar-refractivity contribution in [2.75, 3.05) is 62.2 Å². The van der Waals surface area contributed by atoms with Crippen LogP contribution in [0.2, 0.25) is 0 Å². The molecule has 2 aliphatic rings. The molecule has 1 aromatic rings. The van der Waals surface area contributed by atoms with Crippen molar-refractivity contribution in [2.45, 2.75) is 26.8 Å². The first-order chi connectivity index (χ1) is 13.3. The minimum Gasteiger partial charge on any atom is -0.367 e. The number of nitro groups is 1. The van der Waals surface area contributed by atoms with Gasteiger partial charge in [0.1, 0.15) is 5.69 Å². The largest absolute Gasteiger partial charge is 0.367 e. The highest BCUT2D eigenvalue weighted by atomic mass is 19.1. The van der Waals surface area contributed by atoms with E-state index in [-0.39, 0.29) is 17.6 Å². The van der Waals surface area contributed by atoms with E-state index in [4.69, 9.17) is 0 Å². The van der Waals surface area contributed by atoms with Crippen LogP contribution in [0.25, 0.3) is 0 Å². The summed E-state index contributed by atoms with van der Waals surface area (Å²) in [5, 5.41) is 11.6. The van der Waals surface area contributed by atoms with Crippen LogP contribution in [-0.2, 0) is 4.79 Å². The second-order valence-electron chi connectivity index (χ2n) is 7.48. The number of anilines is 2. The summed E-state index contributed by atoms with van der Waals surface area (Å²) in [6, 6.07) is 2.59. The Morgan fingerprint density at radius 3 is 2.32 bits per heavy atom. The Morgan fingerprint density at radius 1 is 1.14 bits per heavy atom. The number of nitrogens with zero attached hydrogens (tertiary/aromatic N) is 5.